The lowest BCUT2D eigenvalue weighted by Gasteiger charge is -2.39. The molecule has 3 saturated heterocycles. The molecule has 0 bridgehead atoms. The van der Waals surface area contributed by atoms with E-state index in [0.717, 1.165) is 85.0 Å². The first-order valence-corrected chi connectivity index (χ1v) is 31.8. The zero-order valence-electron chi connectivity index (χ0n) is 54.3. The standard InChI is InChI=1S/C61H67ClF4N8O8S3/c1-60(2)24-22-49(40-8-13-44(62)14-9-40)43(35-60)37-72-30-32-73(33-31-72)46-15-10-41(11-16-46)57(76)69-85(81,82)48-17-19-52(54(34-48)84(79,80)61(64,65)66)67-45(39-83-47-6-4-3-5-7-47)23-25-70-26-28-71(29-27-70)36-42-12-18-50-51(56(42)63)38-74(59(50)78)53-20-21-55(75)68-58(53)77/h3-19,34,45,53,67H,20-33,35-39H2,1-2H3,(H,69,76)(H,68,75,77)/t45-,53?/m1/s1/i26D2,27D2,28D2,29D2. The van der Waals surface area contributed by atoms with Gasteiger partial charge in [-0.15, -0.1) is 11.8 Å². The van der Waals surface area contributed by atoms with Crippen LogP contribution >= 0.6 is 23.4 Å². The zero-order valence-corrected chi connectivity index (χ0v) is 49.5. The number of halogens is 5. The number of allylic oxidation sites excluding steroid dienone is 1. The Kier molecular flexibility index (Phi) is 15.6. The number of carbonyl (C=O) groups is 4. The summed E-state index contributed by atoms with van der Waals surface area (Å²) in [6.45, 7) is -8.53. The molecule has 10 rings (SSSR count). The lowest BCUT2D eigenvalue weighted by Crippen LogP contribution is -2.52. The first kappa shape index (κ1) is 51.8. The average Bonchev–Trinajstić information content (AvgIpc) is 1.02. The third-order valence-electron chi connectivity index (χ3n) is 15.7. The number of piperazine rings is 2. The third kappa shape index (κ3) is 14.4. The van der Waals surface area contributed by atoms with Crippen LogP contribution in [0.15, 0.2) is 129 Å². The molecule has 0 aromatic heterocycles. The highest BCUT2D eigenvalue weighted by Gasteiger charge is 2.49. The Morgan fingerprint density at radius 1 is 0.847 bits per heavy atom. The lowest BCUT2D eigenvalue weighted by atomic mass is 9.73. The molecule has 16 nitrogen and oxygen atoms in total. The van der Waals surface area contributed by atoms with Gasteiger partial charge in [-0.1, -0.05) is 67.4 Å². The normalized spacial score (nSPS) is 23.4. The van der Waals surface area contributed by atoms with Crippen LogP contribution < -0.4 is 20.3 Å². The Balaban J connectivity index is 0.845. The molecular weight excluding hydrogens is 1180 g/mol. The molecule has 5 aromatic carbocycles. The molecule has 0 radical (unpaired) electrons. The van der Waals surface area contributed by atoms with Gasteiger partial charge in [-0.3, -0.25) is 34.3 Å². The van der Waals surface area contributed by atoms with E-state index in [1.165, 1.54) is 23.3 Å². The van der Waals surface area contributed by atoms with Crippen LogP contribution in [0.25, 0.3) is 5.57 Å². The zero-order chi connectivity index (χ0) is 67.6. The number of sulfone groups is 1. The predicted octanol–water partition coefficient (Wildman–Crippen LogP) is 9.22. The van der Waals surface area contributed by atoms with Crippen LogP contribution in [0, 0.1) is 11.2 Å². The second-order valence-corrected chi connectivity index (χ2v) is 27.3. The molecule has 4 aliphatic heterocycles. The summed E-state index contributed by atoms with van der Waals surface area (Å²) in [7, 11) is -11.6. The van der Waals surface area contributed by atoms with Gasteiger partial charge in [0.05, 0.1) is 17.1 Å². The van der Waals surface area contributed by atoms with Crippen molar-refractivity contribution < 1.29 is 64.5 Å². The Labute approximate surface area is 513 Å². The Bertz CT molecular complexity index is 3980. The summed E-state index contributed by atoms with van der Waals surface area (Å²) in [4.78, 5) is 55.3. The summed E-state index contributed by atoms with van der Waals surface area (Å²) in [5.74, 6) is -4.64. The molecule has 452 valence electrons. The topological polar surface area (TPSA) is 189 Å². The molecule has 5 aliphatic rings. The van der Waals surface area contributed by atoms with Crippen molar-refractivity contribution in [3.63, 3.8) is 0 Å². The molecule has 1 unspecified atom stereocenters. The Hall–Kier alpha value is -6.34. The van der Waals surface area contributed by atoms with Crippen LogP contribution in [0.2, 0.25) is 5.02 Å². The number of sulfonamides is 1. The molecular formula is C61H67ClF4N8O8S3. The first-order chi connectivity index (χ1) is 43.4. The van der Waals surface area contributed by atoms with Gasteiger partial charge in [0.2, 0.25) is 11.8 Å². The summed E-state index contributed by atoms with van der Waals surface area (Å²) >= 11 is 7.26. The molecule has 0 saturated carbocycles. The van der Waals surface area contributed by atoms with Gasteiger partial charge in [-0.2, -0.15) is 13.2 Å². The van der Waals surface area contributed by atoms with Crippen molar-refractivity contribution in [3.8, 4) is 0 Å². The fraction of sp³-hybridized carbons (Fsp3) is 0.410. The number of nitrogens with one attached hydrogen (secondary N) is 3. The average molecular weight is 1260 g/mol. The highest BCUT2D eigenvalue weighted by molar-refractivity contribution is 7.99. The van der Waals surface area contributed by atoms with Crippen LogP contribution in [0.3, 0.4) is 0 Å². The van der Waals surface area contributed by atoms with Gasteiger partial charge in [0.25, 0.3) is 31.7 Å². The summed E-state index contributed by atoms with van der Waals surface area (Å²) in [5.41, 5.74) is -3.15. The maximum atomic E-state index is 16.5. The number of rotatable bonds is 19. The molecule has 5 aromatic rings. The van der Waals surface area contributed by atoms with Crippen LogP contribution in [0.1, 0.15) is 101 Å². The number of thioether (sulfide) groups is 1. The van der Waals surface area contributed by atoms with Crippen LogP contribution in [-0.2, 0) is 42.5 Å². The summed E-state index contributed by atoms with van der Waals surface area (Å²) in [6.07, 6.45) is 2.24. The minimum atomic E-state index is -6.46. The largest absolute Gasteiger partial charge is 0.501 e. The number of carbonyl (C=O) groups excluding carboxylic acids is 4. The van der Waals surface area contributed by atoms with Gasteiger partial charge in [-0.25, -0.2) is 25.9 Å². The maximum absolute atomic E-state index is 16.5. The van der Waals surface area contributed by atoms with E-state index in [2.05, 4.69) is 46.4 Å². The quantitative estimate of drug-likeness (QED) is 0.0403. The number of nitrogens with zero attached hydrogens (tertiary/aromatic N) is 5. The number of hydrogen-bond donors (Lipinski definition) is 3. The number of amides is 4. The van der Waals surface area contributed by atoms with E-state index < -0.39 is 140 Å². The van der Waals surface area contributed by atoms with E-state index in [4.69, 9.17) is 22.6 Å². The van der Waals surface area contributed by atoms with Crippen LogP contribution in [0.4, 0.5) is 28.9 Å². The highest BCUT2D eigenvalue weighted by Crippen LogP contribution is 2.43. The number of alkyl halides is 3. The van der Waals surface area contributed by atoms with Gasteiger partial charge in [0.1, 0.15) is 16.8 Å². The predicted molar refractivity (Wildman–Crippen MR) is 319 cm³/mol. The molecule has 2 atom stereocenters. The summed E-state index contributed by atoms with van der Waals surface area (Å²) in [6, 6.07) is 23.6. The second kappa shape index (κ2) is 25.5. The molecule has 4 heterocycles. The fourth-order valence-corrected chi connectivity index (χ4v) is 14.2. The van der Waals surface area contributed by atoms with Gasteiger partial charge in [0, 0.05) is 139 Å². The van der Waals surface area contributed by atoms with Gasteiger partial charge < -0.3 is 20.0 Å². The van der Waals surface area contributed by atoms with E-state index in [0.29, 0.717) is 29.1 Å². The molecule has 3 N–H and O–H groups in total. The molecule has 3 fully saturated rings. The van der Waals surface area contributed by atoms with E-state index in [9.17, 15) is 49.2 Å². The summed E-state index contributed by atoms with van der Waals surface area (Å²) in [5, 5.41) is 5.47. The molecule has 4 amide bonds. The molecule has 1 aliphatic carbocycles. The number of fused-ring (bicyclic) bond motifs is 1. The SMILES string of the molecule is [2H]C1([2H])N(CC[C@H](CSc2ccccc2)Nc2ccc(S(=O)(=O)NC(=O)c3ccc(N4CCN(CC5=C(c6ccc(Cl)cc6)CCC(C)(C)C5)CC4)cc3)cc2S(=O)(=O)C(F)(F)F)C([2H])([2H])C([2H])([2H])N(Cc2ccc3c(c2F)CN(C2CCC(=O)NC2=O)C3=O)C1([2H])[2H]. The lowest BCUT2D eigenvalue weighted by molar-refractivity contribution is -0.136. The van der Waals surface area contributed by atoms with Crippen molar-refractivity contribution in [2.24, 2.45) is 5.41 Å². The van der Waals surface area contributed by atoms with E-state index in [1.807, 2.05) is 16.9 Å². The number of benzene rings is 5. The van der Waals surface area contributed by atoms with E-state index in [-0.39, 0.29) is 56.6 Å². The Morgan fingerprint density at radius 2 is 1.54 bits per heavy atom. The van der Waals surface area contributed by atoms with Gasteiger partial charge in [0.15, 0.2) is 0 Å². The Morgan fingerprint density at radius 3 is 2.22 bits per heavy atom. The first-order valence-electron chi connectivity index (χ1n) is 31.4. The number of imide groups is 1. The molecule has 85 heavy (non-hydrogen) atoms. The van der Waals surface area contributed by atoms with Crippen LogP contribution in [-0.4, -0.2) is 149 Å². The maximum Gasteiger partial charge on any atom is 0.501 e. The number of piperidine rings is 1. The minimum absolute atomic E-state index is 0.0519. The summed E-state index contributed by atoms with van der Waals surface area (Å²) < 4.78 is 190. The number of hydrogen-bond acceptors (Lipinski definition) is 14. The fourth-order valence-electron chi connectivity index (χ4n) is 11.0. The van der Waals surface area contributed by atoms with Crippen LogP contribution in [0.5, 0.6) is 0 Å². The molecule has 24 heteroatoms. The van der Waals surface area contributed by atoms with Crippen molar-refractivity contribution in [2.75, 3.05) is 81.2 Å². The van der Waals surface area contributed by atoms with Gasteiger partial charge >= 0.3 is 5.51 Å². The second-order valence-electron chi connectivity index (χ2n) is 22.2. The molecule has 0 spiro atoms. The van der Waals surface area contributed by atoms with E-state index >= 15 is 4.39 Å². The number of anilines is 2. The highest BCUT2D eigenvalue weighted by atomic mass is 35.5. The smallest absolute Gasteiger partial charge is 0.380 e. The van der Waals surface area contributed by atoms with E-state index in [1.54, 1.807) is 42.5 Å². The third-order valence-corrected chi connectivity index (χ3v) is 20.0. The van der Waals surface area contributed by atoms with Crippen molar-refractivity contribution in [3.05, 3.63) is 153 Å². The van der Waals surface area contributed by atoms with Crippen molar-refractivity contribution >= 4 is 83.8 Å². The van der Waals surface area contributed by atoms with Crippen molar-refractivity contribution in [2.45, 2.75) is 97.7 Å². The monoisotopic (exact) mass is 1250 g/mol. The van der Waals surface area contributed by atoms with Gasteiger partial charge in [-0.05, 0) is 121 Å². The van der Waals surface area contributed by atoms with Crippen molar-refractivity contribution in [1.82, 2.24) is 29.6 Å². The minimum Gasteiger partial charge on any atom is -0.380 e. The van der Waals surface area contributed by atoms with Crippen molar-refractivity contribution in [1.29, 1.82) is 0 Å².